The van der Waals surface area contributed by atoms with E-state index in [1.807, 2.05) is 49.4 Å². The second-order valence-electron chi connectivity index (χ2n) is 5.71. The van der Waals surface area contributed by atoms with Crippen LogP contribution in [0.4, 0.5) is 0 Å². The maximum Gasteiger partial charge on any atom is 0.336 e. The highest BCUT2D eigenvalue weighted by atomic mass is 16.5. The SMILES string of the molecule is CCCCOc1ccc(-c2cc(=O)oc3ccc(C)cc23)cc1. The van der Waals surface area contributed by atoms with Crippen LogP contribution < -0.4 is 10.4 Å². The van der Waals surface area contributed by atoms with Crippen molar-refractivity contribution >= 4 is 11.0 Å². The maximum atomic E-state index is 11.8. The Morgan fingerprint density at radius 2 is 1.83 bits per heavy atom. The summed E-state index contributed by atoms with van der Waals surface area (Å²) < 4.78 is 11.0. The van der Waals surface area contributed by atoms with Crippen LogP contribution in [0.1, 0.15) is 25.3 Å². The lowest BCUT2D eigenvalue weighted by Gasteiger charge is -2.09. The topological polar surface area (TPSA) is 39.4 Å². The Labute approximate surface area is 135 Å². The van der Waals surface area contributed by atoms with Gasteiger partial charge in [0.25, 0.3) is 0 Å². The average Bonchev–Trinajstić information content (AvgIpc) is 2.55. The molecule has 0 N–H and O–H groups in total. The Bertz CT molecular complexity index is 860. The highest BCUT2D eigenvalue weighted by Crippen LogP contribution is 2.29. The van der Waals surface area contributed by atoms with Gasteiger partial charge in [-0.15, -0.1) is 0 Å². The van der Waals surface area contributed by atoms with Crippen molar-refractivity contribution in [1.82, 2.24) is 0 Å². The number of rotatable bonds is 5. The number of benzene rings is 2. The predicted molar refractivity (Wildman–Crippen MR) is 93.1 cm³/mol. The number of ether oxygens (including phenoxy) is 1. The van der Waals surface area contributed by atoms with Gasteiger partial charge < -0.3 is 9.15 Å². The van der Waals surface area contributed by atoms with Crippen LogP contribution in [0.25, 0.3) is 22.1 Å². The molecule has 0 fully saturated rings. The van der Waals surface area contributed by atoms with Crippen LogP contribution in [0.15, 0.2) is 57.7 Å². The van der Waals surface area contributed by atoms with Gasteiger partial charge in [0.15, 0.2) is 0 Å². The molecule has 3 nitrogen and oxygen atoms in total. The summed E-state index contributed by atoms with van der Waals surface area (Å²) in [4.78, 5) is 11.8. The number of unbranched alkanes of at least 4 members (excludes halogenated alkanes) is 1. The van der Waals surface area contributed by atoms with Crippen LogP contribution in [-0.2, 0) is 0 Å². The summed E-state index contributed by atoms with van der Waals surface area (Å²) in [6, 6.07) is 15.2. The minimum absolute atomic E-state index is 0.334. The Kier molecular flexibility index (Phi) is 4.47. The highest BCUT2D eigenvalue weighted by Gasteiger charge is 2.08. The first-order valence-electron chi connectivity index (χ1n) is 7.95. The molecule has 1 aromatic heterocycles. The zero-order chi connectivity index (χ0) is 16.2. The molecule has 3 aromatic rings. The highest BCUT2D eigenvalue weighted by molar-refractivity contribution is 5.93. The smallest absolute Gasteiger partial charge is 0.336 e. The predicted octanol–water partition coefficient (Wildman–Crippen LogP) is 4.95. The molecule has 0 saturated carbocycles. The molecule has 3 heteroatoms. The molecule has 0 aliphatic heterocycles. The van der Waals surface area contributed by atoms with Crippen molar-refractivity contribution < 1.29 is 9.15 Å². The monoisotopic (exact) mass is 308 g/mol. The minimum Gasteiger partial charge on any atom is -0.494 e. The fourth-order valence-electron chi connectivity index (χ4n) is 2.58. The van der Waals surface area contributed by atoms with Gasteiger partial charge in [-0.1, -0.05) is 37.1 Å². The van der Waals surface area contributed by atoms with Gasteiger partial charge in [-0.3, -0.25) is 0 Å². The molecule has 2 aromatic carbocycles. The summed E-state index contributed by atoms with van der Waals surface area (Å²) in [5.41, 5.74) is 3.28. The van der Waals surface area contributed by atoms with E-state index in [0.717, 1.165) is 47.3 Å². The normalized spacial score (nSPS) is 10.9. The standard InChI is InChI=1S/C20H20O3/c1-3-4-11-22-16-8-6-15(7-9-16)17-13-20(21)23-19-10-5-14(2)12-18(17)19/h5-10,12-13H,3-4,11H2,1-2H3. The molecule has 118 valence electrons. The number of hydrogen-bond acceptors (Lipinski definition) is 3. The minimum atomic E-state index is -0.334. The summed E-state index contributed by atoms with van der Waals surface area (Å²) in [6.45, 7) is 4.90. The molecule has 0 atom stereocenters. The molecule has 0 saturated heterocycles. The van der Waals surface area contributed by atoms with E-state index < -0.39 is 0 Å². The third kappa shape index (κ3) is 3.45. The lowest BCUT2D eigenvalue weighted by Crippen LogP contribution is -1.99. The Hall–Kier alpha value is -2.55. The summed E-state index contributed by atoms with van der Waals surface area (Å²) in [7, 11) is 0. The van der Waals surface area contributed by atoms with E-state index in [1.165, 1.54) is 0 Å². The zero-order valence-corrected chi connectivity index (χ0v) is 13.5. The van der Waals surface area contributed by atoms with Crippen molar-refractivity contribution in [3.63, 3.8) is 0 Å². The first-order chi connectivity index (χ1) is 11.2. The number of hydrogen-bond donors (Lipinski definition) is 0. The van der Waals surface area contributed by atoms with Crippen molar-refractivity contribution in [1.29, 1.82) is 0 Å². The fourth-order valence-corrected chi connectivity index (χ4v) is 2.58. The van der Waals surface area contributed by atoms with Crippen LogP contribution in [0.5, 0.6) is 5.75 Å². The van der Waals surface area contributed by atoms with Crippen LogP contribution in [0, 0.1) is 6.92 Å². The lowest BCUT2D eigenvalue weighted by molar-refractivity contribution is 0.309. The van der Waals surface area contributed by atoms with Crippen LogP contribution in [-0.4, -0.2) is 6.61 Å². The second-order valence-corrected chi connectivity index (χ2v) is 5.71. The van der Waals surface area contributed by atoms with E-state index in [-0.39, 0.29) is 5.63 Å². The van der Waals surface area contributed by atoms with Gasteiger partial charge in [0.1, 0.15) is 11.3 Å². The van der Waals surface area contributed by atoms with Gasteiger partial charge >= 0.3 is 5.63 Å². The summed E-state index contributed by atoms with van der Waals surface area (Å²) in [6.07, 6.45) is 2.16. The molecule has 0 radical (unpaired) electrons. The molecular formula is C20H20O3. The van der Waals surface area contributed by atoms with E-state index >= 15 is 0 Å². The quantitative estimate of drug-likeness (QED) is 0.494. The van der Waals surface area contributed by atoms with E-state index in [2.05, 4.69) is 6.92 Å². The van der Waals surface area contributed by atoms with Crippen LogP contribution in [0.3, 0.4) is 0 Å². The van der Waals surface area contributed by atoms with Crippen molar-refractivity contribution in [2.24, 2.45) is 0 Å². The third-order valence-corrected chi connectivity index (χ3v) is 3.83. The molecule has 3 rings (SSSR count). The Balaban J connectivity index is 1.99. The molecular weight excluding hydrogens is 288 g/mol. The van der Waals surface area contributed by atoms with Gasteiger partial charge in [-0.05, 0) is 48.7 Å². The largest absolute Gasteiger partial charge is 0.494 e. The first-order valence-corrected chi connectivity index (χ1v) is 7.95. The molecule has 23 heavy (non-hydrogen) atoms. The molecule has 0 aliphatic rings. The van der Waals surface area contributed by atoms with Gasteiger partial charge in [0.05, 0.1) is 6.61 Å². The lowest BCUT2D eigenvalue weighted by atomic mass is 10.0. The van der Waals surface area contributed by atoms with E-state index in [0.29, 0.717) is 5.58 Å². The third-order valence-electron chi connectivity index (χ3n) is 3.83. The molecule has 1 heterocycles. The average molecular weight is 308 g/mol. The molecule has 0 unspecified atom stereocenters. The van der Waals surface area contributed by atoms with Gasteiger partial charge in [0, 0.05) is 11.5 Å². The van der Waals surface area contributed by atoms with Crippen molar-refractivity contribution in [3.8, 4) is 16.9 Å². The summed E-state index contributed by atoms with van der Waals surface area (Å²) >= 11 is 0. The van der Waals surface area contributed by atoms with Gasteiger partial charge in [-0.2, -0.15) is 0 Å². The molecule has 0 aliphatic carbocycles. The van der Waals surface area contributed by atoms with Crippen molar-refractivity contribution in [2.75, 3.05) is 6.61 Å². The molecule has 0 amide bonds. The summed E-state index contributed by atoms with van der Waals surface area (Å²) in [5.74, 6) is 0.852. The fraction of sp³-hybridized carbons (Fsp3) is 0.250. The van der Waals surface area contributed by atoms with Crippen LogP contribution >= 0.6 is 0 Å². The Morgan fingerprint density at radius 3 is 2.57 bits per heavy atom. The van der Waals surface area contributed by atoms with E-state index in [4.69, 9.17) is 9.15 Å². The number of fused-ring (bicyclic) bond motifs is 1. The van der Waals surface area contributed by atoms with Crippen molar-refractivity contribution in [2.45, 2.75) is 26.7 Å². The molecule has 0 bridgehead atoms. The van der Waals surface area contributed by atoms with E-state index in [1.54, 1.807) is 6.07 Å². The Morgan fingerprint density at radius 1 is 1.04 bits per heavy atom. The van der Waals surface area contributed by atoms with Crippen LogP contribution in [0.2, 0.25) is 0 Å². The number of aryl methyl sites for hydroxylation is 1. The second kappa shape index (κ2) is 6.69. The van der Waals surface area contributed by atoms with Gasteiger partial charge in [-0.25, -0.2) is 4.79 Å². The van der Waals surface area contributed by atoms with E-state index in [9.17, 15) is 4.79 Å². The zero-order valence-electron chi connectivity index (χ0n) is 13.5. The molecule has 0 spiro atoms. The summed E-state index contributed by atoms with van der Waals surface area (Å²) in [5, 5.41) is 0.948. The van der Waals surface area contributed by atoms with Gasteiger partial charge in [0.2, 0.25) is 0 Å². The maximum absolute atomic E-state index is 11.8. The first kappa shape index (κ1) is 15.3. The van der Waals surface area contributed by atoms with Crippen molar-refractivity contribution in [3.05, 3.63) is 64.5 Å².